The fourth-order valence-corrected chi connectivity index (χ4v) is 10.6. The molecule has 5 rings (SSSR count). The van der Waals surface area contributed by atoms with Crippen molar-refractivity contribution in [1.29, 1.82) is 0 Å². The molecule has 2 fully saturated rings. The number of halogens is 2. The maximum absolute atomic E-state index is 6.37. The van der Waals surface area contributed by atoms with E-state index in [4.69, 9.17) is 15.2 Å². The second-order valence-electron chi connectivity index (χ2n) is 12.5. The molecule has 3 aromatic rings. The van der Waals surface area contributed by atoms with Crippen LogP contribution in [0.15, 0.2) is 72.8 Å². The summed E-state index contributed by atoms with van der Waals surface area (Å²) in [6, 6.07) is 25.9. The summed E-state index contributed by atoms with van der Waals surface area (Å²) in [7, 11) is -0.213. The first kappa shape index (κ1) is 41.9. The van der Waals surface area contributed by atoms with Gasteiger partial charge in [-0.1, -0.05) is 107 Å². The standard InChI is InChI=1S/C30H43O2P.C8H11N.2ClH.Pd/c1-22(2)31-27-19-13-20-28(32-23(3)4)30(27)26-18-11-12-21-29(26)33(24-14-7-5-8-15-24)25-16-9-6-10-17-25;9-7-6-8-4-2-1-3-5-8;;;/h11-13,18-25H,5-10,14-17H2,1-4H3;1-5H,6-7,9H2;2*1H;/q;;;;+2/p-2. The van der Waals surface area contributed by atoms with E-state index in [1.165, 1.54) is 75.3 Å². The van der Waals surface area contributed by atoms with Crippen molar-refractivity contribution in [2.24, 2.45) is 5.73 Å². The molecule has 0 aliphatic heterocycles. The van der Waals surface area contributed by atoms with E-state index >= 15 is 0 Å². The van der Waals surface area contributed by atoms with Gasteiger partial charge in [0.25, 0.3) is 0 Å². The third kappa shape index (κ3) is 12.8. The quantitative estimate of drug-likeness (QED) is 0.252. The minimum absolute atomic E-state index is 0. The zero-order chi connectivity index (χ0) is 29.7. The Morgan fingerprint density at radius 3 is 1.58 bits per heavy atom. The van der Waals surface area contributed by atoms with Crippen molar-refractivity contribution < 1.29 is 54.7 Å². The Kier molecular flexibility index (Phi) is 20.9. The van der Waals surface area contributed by atoms with Crippen molar-refractivity contribution in [2.45, 2.75) is 122 Å². The molecule has 0 radical (unpaired) electrons. The normalized spacial score (nSPS) is 15.3. The fraction of sp³-hybridized carbons (Fsp3) is 0.526. The van der Waals surface area contributed by atoms with Crippen LogP contribution in [0.1, 0.15) is 97.5 Å². The Balaban J connectivity index is 0.000000731. The van der Waals surface area contributed by atoms with Gasteiger partial charge in [0, 0.05) is 0 Å². The monoisotopic (exact) mass is 763 g/mol. The molecule has 0 saturated heterocycles. The minimum Gasteiger partial charge on any atom is -1.00 e. The van der Waals surface area contributed by atoms with Crippen LogP contribution in [0.3, 0.4) is 0 Å². The summed E-state index contributed by atoms with van der Waals surface area (Å²) in [6.45, 7) is 9.19. The summed E-state index contributed by atoms with van der Waals surface area (Å²) < 4.78 is 12.7. The van der Waals surface area contributed by atoms with E-state index in [0.29, 0.717) is 0 Å². The van der Waals surface area contributed by atoms with Crippen LogP contribution in [0.5, 0.6) is 11.5 Å². The molecular weight excluding hydrogens is 711 g/mol. The van der Waals surface area contributed by atoms with E-state index in [1.807, 2.05) is 18.2 Å². The Labute approximate surface area is 301 Å². The molecule has 3 aromatic carbocycles. The number of hydrogen-bond donors (Lipinski definition) is 1. The van der Waals surface area contributed by atoms with Crippen molar-refractivity contribution in [3.63, 3.8) is 0 Å². The van der Waals surface area contributed by atoms with E-state index in [0.717, 1.165) is 41.3 Å². The van der Waals surface area contributed by atoms with Crippen molar-refractivity contribution in [3.05, 3.63) is 78.4 Å². The summed E-state index contributed by atoms with van der Waals surface area (Å²) in [5.74, 6) is 1.91. The summed E-state index contributed by atoms with van der Waals surface area (Å²) in [5.41, 5.74) is 10.9. The molecule has 2 aliphatic carbocycles. The molecule has 0 aromatic heterocycles. The fourth-order valence-electron chi connectivity index (χ4n) is 6.61. The first-order valence-corrected chi connectivity index (χ1v) is 18.0. The van der Waals surface area contributed by atoms with Gasteiger partial charge in [-0.15, -0.1) is 0 Å². The summed E-state index contributed by atoms with van der Waals surface area (Å²) >= 11 is 0. The van der Waals surface area contributed by atoms with Gasteiger partial charge in [0.15, 0.2) is 0 Å². The second kappa shape index (κ2) is 22.5. The summed E-state index contributed by atoms with van der Waals surface area (Å²) in [4.78, 5) is 0. The largest absolute Gasteiger partial charge is 2.00 e. The Morgan fingerprint density at radius 2 is 1.11 bits per heavy atom. The van der Waals surface area contributed by atoms with Crippen LogP contribution >= 0.6 is 7.92 Å². The average Bonchev–Trinajstić information content (AvgIpc) is 3.00. The second-order valence-corrected chi connectivity index (χ2v) is 15.3. The van der Waals surface area contributed by atoms with Crippen LogP contribution in [0.2, 0.25) is 0 Å². The topological polar surface area (TPSA) is 44.5 Å². The Bertz CT molecular complexity index is 1160. The number of rotatable bonds is 10. The molecule has 7 heteroatoms. The zero-order valence-corrected chi connectivity index (χ0v) is 31.6. The third-order valence-electron chi connectivity index (χ3n) is 8.38. The van der Waals surface area contributed by atoms with E-state index in [2.05, 4.69) is 82.3 Å². The van der Waals surface area contributed by atoms with Gasteiger partial charge >= 0.3 is 20.4 Å². The van der Waals surface area contributed by atoms with Crippen LogP contribution in [0.4, 0.5) is 0 Å². The maximum atomic E-state index is 6.37. The van der Waals surface area contributed by atoms with Crippen LogP contribution in [-0.2, 0) is 26.8 Å². The zero-order valence-electron chi connectivity index (χ0n) is 27.6. The number of benzene rings is 3. The summed E-state index contributed by atoms with van der Waals surface area (Å²) in [6.07, 6.45) is 15.4. The molecule has 3 nitrogen and oxygen atoms in total. The first-order valence-electron chi connectivity index (χ1n) is 16.6. The molecular formula is C38H54Cl2NO2PPd. The third-order valence-corrected chi connectivity index (χ3v) is 11.9. The summed E-state index contributed by atoms with van der Waals surface area (Å²) in [5, 5.41) is 1.60. The van der Waals surface area contributed by atoms with Gasteiger partial charge in [-0.3, -0.25) is 0 Å². The van der Waals surface area contributed by atoms with Crippen LogP contribution in [0, 0.1) is 0 Å². The van der Waals surface area contributed by atoms with Gasteiger partial charge in [0.05, 0.1) is 17.8 Å². The van der Waals surface area contributed by atoms with Crippen LogP contribution in [-0.4, -0.2) is 30.1 Å². The van der Waals surface area contributed by atoms with Crippen molar-refractivity contribution in [1.82, 2.24) is 0 Å². The predicted octanol–water partition coefficient (Wildman–Crippen LogP) is 3.89. The molecule has 45 heavy (non-hydrogen) atoms. The van der Waals surface area contributed by atoms with Crippen molar-refractivity contribution in [2.75, 3.05) is 6.54 Å². The average molecular weight is 765 g/mol. The van der Waals surface area contributed by atoms with Gasteiger partial charge in [-0.25, -0.2) is 0 Å². The number of ether oxygens (including phenoxy) is 2. The smallest absolute Gasteiger partial charge is 1.00 e. The molecule has 0 spiro atoms. The van der Waals surface area contributed by atoms with Crippen LogP contribution in [0.25, 0.3) is 11.1 Å². The first-order chi connectivity index (χ1) is 20.5. The van der Waals surface area contributed by atoms with Crippen molar-refractivity contribution in [3.8, 4) is 22.6 Å². The van der Waals surface area contributed by atoms with E-state index in [1.54, 1.807) is 5.30 Å². The van der Waals surface area contributed by atoms with Crippen molar-refractivity contribution >= 4 is 13.2 Å². The Morgan fingerprint density at radius 1 is 0.644 bits per heavy atom. The molecule has 0 atom stereocenters. The van der Waals surface area contributed by atoms with E-state index in [-0.39, 0.29) is 65.4 Å². The van der Waals surface area contributed by atoms with Gasteiger partial charge < -0.3 is 40.0 Å². The minimum atomic E-state index is -0.213. The molecule has 2 aliphatic rings. The molecule has 2 saturated carbocycles. The molecule has 2 N–H and O–H groups in total. The van der Waals surface area contributed by atoms with E-state index < -0.39 is 0 Å². The molecule has 0 heterocycles. The Hall–Kier alpha value is -1.11. The molecule has 252 valence electrons. The number of hydrogen-bond acceptors (Lipinski definition) is 3. The number of nitrogens with two attached hydrogens (primary N) is 1. The van der Waals surface area contributed by atoms with Gasteiger partial charge in [0.1, 0.15) is 11.5 Å². The molecule has 0 bridgehead atoms. The molecule has 0 amide bonds. The van der Waals surface area contributed by atoms with Gasteiger partial charge in [-0.05, 0) is 106 Å². The van der Waals surface area contributed by atoms with Gasteiger partial charge in [-0.2, -0.15) is 0 Å². The van der Waals surface area contributed by atoms with Gasteiger partial charge in [0.2, 0.25) is 0 Å². The van der Waals surface area contributed by atoms with Crippen LogP contribution < -0.4 is 45.3 Å². The van der Waals surface area contributed by atoms with E-state index in [9.17, 15) is 0 Å². The SMILES string of the molecule is CC(C)Oc1cccc(OC(C)C)c1-c1ccccc1P(C1CCCCC1)C1CCCCC1.NCCc1ccccc1.[Cl-].[Cl-].[Pd+2]. The predicted molar refractivity (Wildman–Crippen MR) is 183 cm³/mol. The maximum Gasteiger partial charge on any atom is 2.00 e. The molecule has 0 unspecified atom stereocenters.